The van der Waals surface area contributed by atoms with Gasteiger partial charge in [-0.15, -0.1) is 0 Å². The Bertz CT molecular complexity index is 797. The van der Waals surface area contributed by atoms with Crippen LogP contribution in [0.15, 0.2) is 48.9 Å². The quantitative estimate of drug-likeness (QED) is 0.593. The van der Waals surface area contributed by atoms with Gasteiger partial charge in [-0.05, 0) is 23.8 Å². The molecule has 0 bridgehead atoms. The van der Waals surface area contributed by atoms with Gasteiger partial charge in [0.2, 0.25) is 0 Å². The molecule has 0 spiro atoms. The molecule has 142 valence electrons. The monoisotopic (exact) mass is 376 g/mol. The van der Waals surface area contributed by atoms with Crippen molar-refractivity contribution in [3.8, 4) is 0 Å². The van der Waals surface area contributed by atoms with Gasteiger partial charge in [-0.2, -0.15) is 13.2 Å². The first-order chi connectivity index (χ1) is 13.0. The summed E-state index contributed by atoms with van der Waals surface area (Å²) in [7, 11) is 0. The Morgan fingerprint density at radius 2 is 1.67 bits per heavy atom. The van der Waals surface area contributed by atoms with Crippen molar-refractivity contribution >= 4 is 12.1 Å². The number of halogens is 3. The molecule has 0 N–H and O–H groups in total. The molecule has 1 aromatic carbocycles. The van der Waals surface area contributed by atoms with Crippen LogP contribution in [0, 0.1) is 0 Å². The molecule has 2 heterocycles. The lowest BCUT2D eigenvalue weighted by atomic mass is 10.1. The van der Waals surface area contributed by atoms with Gasteiger partial charge in [0.1, 0.15) is 6.29 Å². The SMILES string of the molecule is O=CC=CN1CCN(c2nccnc2Cc2ccc(C(F)(F)F)cc2)CC1. The van der Waals surface area contributed by atoms with Crippen LogP contribution in [0.3, 0.4) is 0 Å². The van der Waals surface area contributed by atoms with E-state index in [1.165, 1.54) is 18.2 Å². The molecule has 1 aliphatic rings. The summed E-state index contributed by atoms with van der Waals surface area (Å²) in [6.45, 7) is 2.95. The molecule has 8 heteroatoms. The van der Waals surface area contributed by atoms with Crippen LogP contribution in [0.25, 0.3) is 0 Å². The van der Waals surface area contributed by atoms with E-state index in [9.17, 15) is 18.0 Å². The number of alkyl halides is 3. The van der Waals surface area contributed by atoms with E-state index in [-0.39, 0.29) is 0 Å². The number of anilines is 1. The van der Waals surface area contributed by atoms with Crippen LogP contribution in [-0.4, -0.2) is 47.3 Å². The second-order valence-corrected chi connectivity index (χ2v) is 6.20. The van der Waals surface area contributed by atoms with Gasteiger partial charge < -0.3 is 9.80 Å². The van der Waals surface area contributed by atoms with E-state index < -0.39 is 11.7 Å². The van der Waals surface area contributed by atoms with E-state index in [0.29, 0.717) is 6.42 Å². The van der Waals surface area contributed by atoms with E-state index >= 15 is 0 Å². The maximum Gasteiger partial charge on any atom is 0.416 e. The zero-order valence-corrected chi connectivity index (χ0v) is 14.6. The molecule has 2 aromatic rings. The Balaban J connectivity index is 1.71. The van der Waals surface area contributed by atoms with E-state index in [1.807, 2.05) is 0 Å². The third-order valence-corrected chi connectivity index (χ3v) is 4.39. The first kappa shape index (κ1) is 18.9. The summed E-state index contributed by atoms with van der Waals surface area (Å²) >= 11 is 0. The highest BCUT2D eigenvalue weighted by Gasteiger charge is 2.30. The van der Waals surface area contributed by atoms with Crippen molar-refractivity contribution in [2.75, 3.05) is 31.1 Å². The fraction of sp³-hybridized carbons (Fsp3) is 0.316. The topological polar surface area (TPSA) is 49.3 Å². The number of aromatic nitrogens is 2. The fourth-order valence-corrected chi connectivity index (χ4v) is 2.99. The number of rotatable bonds is 5. The van der Waals surface area contributed by atoms with Crippen molar-refractivity contribution in [3.05, 3.63) is 65.8 Å². The van der Waals surface area contributed by atoms with Gasteiger partial charge in [0.25, 0.3) is 0 Å². The normalized spacial score (nSPS) is 15.4. The minimum absolute atomic E-state index is 0.409. The second-order valence-electron chi connectivity index (χ2n) is 6.20. The molecule has 1 aromatic heterocycles. The van der Waals surface area contributed by atoms with Gasteiger partial charge >= 0.3 is 6.18 Å². The molecule has 0 atom stereocenters. The van der Waals surface area contributed by atoms with Crippen molar-refractivity contribution in [2.45, 2.75) is 12.6 Å². The number of hydrogen-bond acceptors (Lipinski definition) is 5. The van der Waals surface area contributed by atoms with Crippen molar-refractivity contribution in [2.24, 2.45) is 0 Å². The molecule has 0 amide bonds. The van der Waals surface area contributed by atoms with Gasteiger partial charge in [0.05, 0.1) is 11.3 Å². The van der Waals surface area contributed by atoms with Crippen LogP contribution < -0.4 is 4.90 Å². The molecule has 1 saturated heterocycles. The van der Waals surface area contributed by atoms with Crippen LogP contribution >= 0.6 is 0 Å². The molecule has 3 rings (SSSR count). The van der Waals surface area contributed by atoms with Crippen LogP contribution in [0.4, 0.5) is 19.0 Å². The predicted octanol–water partition coefficient (Wildman–Crippen LogP) is 2.92. The number of piperazine rings is 1. The predicted molar refractivity (Wildman–Crippen MR) is 95.3 cm³/mol. The molecule has 0 radical (unpaired) electrons. The van der Waals surface area contributed by atoms with Crippen LogP contribution in [0.1, 0.15) is 16.8 Å². The summed E-state index contributed by atoms with van der Waals surface area (Å²) in [5, 5.41) is 0. The molecule has 1 aliphatic heterocycles. The summed E-state index contributed by atoms with van der Waals surface area (Å²) < 4.78 is 38.1. The Labute approximate surface area is 155 Å². The summed E-state index contributed by atoms with van der Waals surface area (Å²) in [5.74, 6) is 0.747. The van der Waals surface area contributed by atoms with Gasteiger partial charge in [-0.1, -0.05) is 12.1 Å². The Hall–Kier alpha value is -2.90. The van der Waals surface area contributed by atoms with Crippen LogP contribution in [0.5, 0.6) is 0 Å². The molecule has 0 saturated carbocycles. The van der Waals surface area contributed by atoms with E-state index in [2.05, 4.69) is 19.8 Å². The Morgan fingerprint density at radius 1 is 1.00 bits per heavy atom. The number of hydrogen-bond donors (Lipinski definition) is 0. The van der Waals surface area contributed by atoms with Crippen molar-refractivity contribution < 1.29 is 18.0 Å². The number of carbonyl (C=O) groups is 1. The van der Waals surface area contributed by atoms with Gasteiger partial charge in [0, 0.05) is 51.2 Å². The van der Waals surface area contributed by atoms with Crippen LogP contribution in [0.2, 0.25) is 0 Å². The molecular formula is C19H19F3N4O. The van der Waals surface area contributed by atoms with Gasteiger partial charge in [-0.25, -0.2) is 4.98 Å². The fourth-order valence-electron chi connectivity index (χ4n) is 2.99. The summed E-state index contributed by atoms with van der Waals surface area (Å²) in [6.07, 6.45) is 3.26. The molecule has 1 fully saturated rings. The highest BCUT2D eigenvalue weighted by atomic mass is 19.4. The number of allylic oxidation sites excluding steroid dienone is 1. The number of nitrogens with zero attached hydrogens (tertiary/aromatic N) is 4. The first-order valence-corrected chi connectivity index (χ1v) is 8.54. The van der Waals surface area contributed by atoms with Gasteiger partial charge in [-0.3, -0.25) is 9.78 Å². The molecule has 27 heavy (non-hydrogen) atoms. The minimum atomic E-state index is -4.34. The molecule has 5 nitrogen and oxygen atoms in total. The maximum atomic E-state index is 12.7. The highest BCUT2D eigenvalue weighted by Crippen LogP contribution is 2.29. The molecular weight excluding hydrogens is 357 g/mol. The van der Waals surface area contributed by atoms with Crippen molar-refractivity contribution in [1.82, 2.24) is 14.9 Å². The van der Waals surface area contributed by atoms with Gasteiger partial charge in [0.15, 0.2) is 5.82 Å². The number of benzene rings is 1. The minimum Gasteiger partial charge on any atom is -0.374 e. The maximum absolute atomic E-state index is 12.7. The largest absolute Gasteiger partial charge is 0.416 e. The third kappa shape index (κ3) is 4.84. The summed E-state index contributed by atoms with van der Waals surface area (Å²) in [5.41, 5.74) is 0.816. The van der Waals surface area contributed by atoms with Crippen LogP contribution in [-0.2, 0) is 17.4 Å². The van der Waals surface area contributed by atoms with Crippen molar-refractivity contribution in [1.29, 1.82) is 0 Å². The Morgan fingerprint density at radius 3 is 2.30 bits per heavy atom. The smallest absolute Gasteiger partial charge is 0.374 e. The average Bonchev–Trinajstić information content (AvgIpc) is 2.67. The molecule has 0 unspecified atom stereocenters. The van der Waals surface area contributed by atoms with E-state index in [0.717, 1.165) is 61.7 Å². The lowest BCUT2D eigenvalue weighted by Crippen LogP contribution is -2.44. The van der Waals surface area contributed by atoms with Crippen molar-refractivity contribution in [3.63, 3.8) is 0 Å². The lowest BCUT2D eigenvalue weighted by molar-refractivity contribution is -0.137. The zero-order valence-electron chi connectivity index (χ0n) is 14.6. The standard InChI is InChI=1S/C19H19F3N4O/c20-19(21,22)16-4-2-15(3-5-16)14-17-18(24-7-6-23-17)26-11-9-25(10-12-26)8-1-13-27/h1-8,13H,9-12,14H2. The average molecular weight is 376 g/mol. The van der Waals surface area contributed by atoms with E-state index in [4.69, 9.17) is 0 Å². The first-order valence-electron chi connectivity index (χ1n) is 8.54. The third-order valence-electron chi connectivity index (χ3n) is 4.39. The van der Waals surface area contributed by atoms with E-state index in [1.54, 1.807) is 18.6 Å². The summed E-state index contributed by atoms with van der Waals surface area (Å²) in [4.78, 5) is 23.4. The summed E-state index contributed by atoms with van der Waals surface area (Å²) in [6, 6.07) is 5.12. The lowest BCUT2D eigenvalue weighted by Gasteiger charge is -2.35. The number of aldehydes is 1. The number of carbonyl (C=O) groups excluding carboxylic acids is 1. The zero-order chi connectivity index (χ0) is 19.3. The second kappa shape index (κ2) is 8.20. The molecule has 0 aliphatic carbocycles. The Kier molecular flexibility index (Phi) is 5.73. The highest BCUT2D eigenvalue weighted by molar-refractivity contribution is 5.64.